The summed E-state index contributed by atoms with van der Waals surface area (Å²) in [6.45, 7) is 4.77. The molecule has 0 fully saturated rings. The highest BCUT2D eigenvalue weighted by atomic mass is 16.5. The van der Waals surface area contributed by atoms with E-state index in [9.17, 15) is 9.59 Å². The molecule has 1 aromatic carbocycles. The summed E-state index contributed by atoms with van der Waals surface area (Å²) >= 11 is 0. The fraction of sp³-hybridized carbons (Fsp3) is 0.429. The normalized spacial score (nSPS) is 9.84. The predicted octanol–water partition coefficient (Wildman–Crippen LogP) is 1.75. The van der Waals surface area contributed by atoms with Crippen molar-refractivity contribution in [1.82, 2.24) is 4.90 Å². The number of ether oxygens (including phenoxy) is 2. The van der Waals surface area contributed by atoms with Gasteiger partial charge in [0, 0.05) is 19.2 Å². The van der Waals surface area contributed by atoms with Crippen molar-refractivity contribution in [2.24, 2.45) is 0 Å². The van der Waals surface area contributed by atoms with Gasteiger partial charge in [0.2, 0.25) is 0 Å². The molecule has 1 rings (SSSR count). The van der Waals surface area contributed by atoms with E-state index >= 15 is 0 Å². The van der Waals surface area contributed by atoms with Gasteiger partial charge in [-0.25, -0.2) is 0 Å². The van der Waals surface area contributed by atoms with Crippen molar-refractivity contribution in [2.45, 2.75) is 13.8 Å². The van der Waals surface area contributed by atoms with Crippen LogP contribution >= 0.6 is 0 Å². The van der Waals surface area contributed by atoms with E-state index in [-0.39, 0.29) is 12.5 Å². The van der Waals surface area contributed by atoms with Gasteiger partial charge >= 0.3 is 0 Å². The Morgan fingerprint density at radius 2 is 2.00 bits per heavy atom. The van der Waals surface area contributed by atoms with Crippen LogP contribution in [-0.4, -0.2) is 43.9 Å². The summed E-state index contributed by atoms with van der Waals surface area (Å²) in [5.74, 6) is 0.828. The molecule has 0 aliphatic heterocycles. The van der Waals surface area contributed by atoms with Crippen molar-refractivity contribution in [3.05, 3.63) is 23.8 Å². The van der Waals surface area contributed by atoms with Crippen LogP contribution < -0.4 is 9.47 Å². The molecule has 0 spiro atoms. The third-order valence-electron chi connectivity index (χ3n) is 2.65. The Bertz CT molecular complexity index is 445. The van der Waals surface area contributed by atoms with Crippen molar-refractivity contribution in [1.29, 1.82) is 0 Å². The monoisotopic (exact) mass is 265 g/mol. The zero-order valence-corrected chi connectivity index (χ0v) is 11.5. The summed E-state index contributed by atoms with van der Waals surface area (Å²) in [5, 5.41) is 0. The second-order valence-electron chi connectivity index (χ2n) is 3.95. The molecule has 5 nitrogen and oxygen atoms in total. The van der Waals surface area contributed by atoms with Gasteiger partial charge in [-0.2, -0.15) is 0 Å². The third-order valence-corrected chi connectivity index (χ3v) is 2.65. The van der Waals surface area contributed by atoms with Gasteiger partial charge in [0.25, 0.3) is 5.91 Å². The van der Waals surface area contributed by atoms with E-state index < -0.39 is 0 Å². The van der Waals surface area contributed by atoms with Crippen LogP contribution in [0, 0.1) is 0 Å². The van der Waals surface area contributed by atoms with E-state index in [2.05, 4.69) is 0 Å². The molecule has 1 aromatic rings. The number of nitrogens with zero attached hydrogens (tertiary/aromatic N) is 1. The van der Waals surface area contributed by atoms with Crippen LogP contribution in [-0.2, 0) is 4.79 Å². The maximum absolute atomic E-state index is 11.6. The van der Waals surface area contributed by atoms with E-state index in [1.807, 2.05) is 13.8 Å². The first-order chi connectivity index (χ1) is 9.12. The number of likely N-dealkylation sites (N-methyl/N-ethyl adjacent to an activating group) is 1. The fourth-order valence-electron chi connectivity index (χ4n) is 1.41. The van der Waals surface area contributed by atoms with Crippen molar-refractivity contribution in [3.63, 3.8) is 0 Å². The second-order valence-corrected chi connectivity index (χ2v) is 3.95. The summed E-state index contributed by atoms with van der Waals surface area (Å²) in [5.41, 5.74) is 0.507. The van der Waals surface area contributed by atoms with Gasteiger partial charge in [-0.05, 0) is 32.0 Å². The lowest BCUT2D eigenvalue weighted by Gasteiger charge is -2.16. The highest BCUT2D eigenvalue weighted by Crippen LogP contribution is 2.28. The van der Waals surface area contributed by atoms with E-state index in [0.717, 1.165) is 6.29 Å². The van der Waals surface area contributed by atoms with E-state index in [4.69, 9.17) is 9.47 Å². The molecule has 0 atom stereocenters. The quantitative estimate of drug-likeness (QED) is 0.705. The highest BCUT2D eigenvalue weighted by Gasteiger charge is 2.11. The molecule has 1 amide bonds. The zero-order chi connectivity index (χ0) is 14.3. The number of hydrogen-bond donors (Lipinski definition) is 0. The molecule has 0 aliphatic carbocycles. The lowest BCUT2D eigenvalue weighted by Crippen LogP contribution is -2.31. The lowest BCUT2D eigenvalue weighted by molar-refractivity contribution is -0.131. The molecule has 0 bridgehead atoms. The number of amides is 1. The first kappa shape index (κ1) is 15.0. The highest BCUT2D eigenvalue weighted by molar-refractivity contribution is 5.78. The minimum atomic E-state index is -0.107. The molecule has 104 valence electrons. The van der Waals surface area contributed by atoms with Crippen LogP contribution in [0.15, 0.2) is 18.2 Å². The topological polar surface area (TPSA) is 55.8 Å². The van der Waals surface area contributed by atoms with Crippen LogP contribution in [0.5, 0.6) is 11.5 Å². The number of carbonyl (C=O) groups is 2. The van der Waals surface area contributed by atoms with Gasteiger partial charge < -0.3 is 14.4 Å². The van der Waals surface area contributed by atoms with Gasteiger partial charge in [-0.15, -0.1) is 0 Å². The number of hydrogen-bond acceptors (Lipinski definition) is 4. The molecule has 5 heteroatoms. The minimum Gasteiger partial charge on any atom is -0.490 e. The maximum atomic E-state index is 11.6. The molecule has 0 aromatic heterocycles. The van der Waals surface area contributed by atoms with Gasteiger partial charge in [-0.1, -0.05) is 0 Å². The second kappa shape index (κ2) is 7.41. The first-order valence-electron chi connectivity index (χ1n) is 6.21. The SMILES string of the molecule is CCOc1cc(C=O)ccc1OCC(=O)N(C)CC. The fourth-order valence-corrected chi connectivity index (χ4v) is 1.41. The molecule has 0 aliphatic rings. The first-order valence-corrected chi connectivity index (χ1v) is 6.21. The Labute approximate surface area is 113 Å². The summed E-state index contributed by atoms with van der Waals surface area (Å²) < 4.78 is 10.8. The Morgan fingerprint density at radius 3 is 2.58 bits per heavy atom. The Morgan fingerprint density at radius 1 is 1.26 bits per heavy atom. The molecule has 0 saturated carbocycles. The molecule has 0 heterocycles. The van der Waals surface area contributed by atoms with Gasteiger partial charge in [0.05, 0.1) is 6.61 Å². The van der Waals surface area contributed by atoms with Crippen LogP contribution in [0.1, 0.15) is 24.2 Å². The van der Waals surface area contributed by atoms with Crippen molar-refractivity contribution < 1.29 is 19.1 Å². The van der Waals surface area contributed by atoms with E-state index in [1.165, 1.54) is 0 Å². The third kappa shape index (κ3) is 4.28. The zero-order valence-electron chi connectivity index (χ0n) is 11.5. The van der Waals surface area contributed by atoms with E-state index in [0.29, 0.717) is 30.2 Å². The summed E-state index contributed by atoms with van der Waals surface area (Å²) in [6, 6.07) is 4.85. The summed E-state index contributed by atoms with van der Waals surface area (Å²) in [4.78, 5) is 23.9. The van der Waals surface area contributed by atoms with Crippen molar-refractivity contribution >= 4 is 12.2 Å². The Kier molecular flexibility index (Phi) is 5.85. The molecular weight excluding hydrogens is 246 g/mol. The van der Waals surface area contributed by atoms with Gasteiger partial charge in [-0.3, -0.25) is 9.59 Å². The molecule has 0 saturated heterocycles. The number of rotatable bonds is 7. The Hall–Kier alpha value is -2.04. The summed E-state index contributed by atoms with van der Waals surface area (Å²) in [7, 11) is 1.71. The lowest BCUT2D eigenvalue weighted by atomic mass is 10.2. The number of aldehydes is 1. The average molecular weight is 265 g/mol. The average Bonchev–Trinajstić information content (AvgIpc) is 2.44. The largest absolute Gasteiger partial charge is 0.490 e. The van der Waals surface area contributed by atoms with Gasteiger partial charge in [0.15, 0.2) is 18.1 Å². The molecule has 0 radical (unpaired) electrons. The predicted molar refractivity (Wildman–Crippen MR) is 71.8 cm³/mol. The van der Waals surface area contributed by atoms with Crippen LogP contribution in [0.3, 0.4) is 0 Å². The maximum Gasteiger partial charge on any atom is 0.260 e. The smallest absolute Gasteiger partial charge is 0.260 e. The minimum absolute atomic E-state index is 0.0507. The van der Waals surface area contributed by atoms with E-state index in [1.54, 1.807) is 30.1 Å². The number of benzene rings is 1. The van der Waals surface area contributed by atoms with Gasteiger partial charge in [0.1, 0.15) is 6.29 Å². The van der Waals surface area contributed by atoms with Crippen LogP contribution in [0.2, 0.25) is 0 Å². The molecule has 19 heavy (non-hydrogen) atoms. The van der Waals surface area contributed by atoms with Crippen LogP contribution in [0.4, 0.5) is 0 Å². The standard InChI is InChI=1S/C14H19NO4/c1-4-15(3)14(17)10-19-12-7-6-11(9-16)8-13(12)18-5-2/h6-9H,4-5,10H2,1-3H3. The number of carbonyl (C=O) groups excluding carboxylic acids is 2. The van der Waals surface area contributed by atoms with Crippen molar-refractivity contribution in [2.75, 3.05) is 26.8 Å². The van der Waals surface area contributed by atoms with Crippen molar-refractivity contribution in [3.8, 4) is 11.5 Å². The molecule has 0 unspecified atom stereocenters. The summed E-state index contributed by atoms with van der Waals surface area (Å²) in [6.07, 6.45) is 0.738. The Balaban J connectivity index is 2.76. The molecule has 0 N–H and O–H groups in total. The molecular formula is C14H19NO4. The van der Waals surface area contributed by atoms with Crippen LogP contribution in [0.25, 0.3) is 0 Å².